The smallest absolute Gasteiger partial charge is 0.306 e. The fourth-order valence-electron chi connectivity index (χ4n) is 10.1. The molecule has 0 aliphatic heterocycles. The third-order valence-corrected chi connectivity index (χ3v) is 16.4. The van der Waals surface area contributed by atoms with Crippen molar-refractivity contribution in [1.29, 1.82) is 0 Å². The van der Waals surface area contributed by atoms with Gasteiger partial charge in [-0.15, -0.1) is 0 Å². The molecule has 0 fully saturated rings. The number of nitrogens with zero attached hydrogens (tertiary/aromatic N) is 1. The molecule has 0 aromatic heterocycles. The van der Waals surface area contributed by atoms with Gasteiger partial charge in [-0.1, -0.05) is 281 Å². The van der Waals surface area contributed by atoms with Crippen LogP contribution in [0.2, 0.25) is 0 Å². The Morgan fingerprint density at radius 2 is 0.753 bits per heavy atom. The Morgan fingerprint density at radius 3 is 1.14 bits per heavy atom. The van der Waals surface area contributed by atoms with Gasteiger partial charge in [0.2, 0.25) is 5.91 Å². The molecule has 3 atom stereocenters. The minimum Gasteiger partial charge on any atom is -0.756 e. The quantitative estimate of drug-likeness (QED) is 0.0212. The molecule has 3 unspecified atom stereocenters. The maximum absolute atomic E-state index is 13.6. The fourth-order valence-corrected chi connectivity index (χ4v) is 10.8. The van der Waals surface area contributed by atoms with E-state index in [0.717, 1.165) is 70.6 Å². The molecule has 0 aromatic carbocycles. The summed E-state index contributed by atoms with van der Waals surface area (Å²) in [6, 6.07) is -0.890. The molecular formula is C71H133N2O7P. The van der Waals surface area contributed by atoms with Gasteiger partial charge in [0, 0.05) is 12.8 Å². The molecule has 0 aliphatic carbocycles. The second-order valence-electron chi connectivity index (χ2n) is 24.7. The summed E-state index contributed by atoms with van der Waals surface area (Å²) in [5.74, 6) is -0.534. The Hall–Kier alpha value is -2.29. The highest BCUT2D eigenvalue weighted by molar-refractivity contribution is 7.45. The van der Waals surface area contributed by atoms with Gasteiger partial charge in [0.15, 0.2) is 0 Å². The first kappa shape index (κ1) is 78.7. The number of esters is 1. The lowest BCUT2D eigenvalue weighted by Crippen LogP contribution is -2.47. The van der Waals surface area contributed by atoms with E-state index in [2.05, 4.69) is 74.7 Å². The average Bonchev–Trinajstić information content (AvgIpc) is 3.44. The van der Waals surface area contributed by atoms with E-state index in [1.54, 1.807) is 0 Å². The molecule has 0 rings (SSSR count). The monoisotopic (exact) mass is 1160 g/mol. The lowest BCUT2D eigenvalue weighted by molar-refractivity contribution is -0.870. The lowest BCUT2D eigenvalue weighted by Gasteiger charge is -2.30. The zero-order valence-corrected chi connectivity index (χ0v) is 55.1. The summed E-state index contributed by atoms with van der Waals surface area (Å²) >= 11 is 0. The molecule has 0 spiro atoms. The van der Waals surface area contributed by atoms with E-state index in [-0.39, 0.29) is 31.5 Å². The van der Waals surface area contributed by atoms with Crippen molar-refractivity contribution in [2.45, 2.75) is 341 Å². The summed E-state index contributed by atoms with van der Waals surface area (Å²) < 4.78 is 30.4. The molecule has 1 amide bonds. The molecule has 0 radical (unpaired) electrons. The highest BCUT2D eigenvalue weighted by Crippen LogP contribution is 2.38. The Bertz CT molecular complexity index is 1570. The van der Waals surface area contributed by atoms with E-state index in [1.807, 2.05) is 33.3 Å². The normalized spacial score (nSPS) is 13.9. The number of carbonyl (C=O) groups is 2. The van der Waals surface area contributed by atoms with Crippen molar-refractivity contribution >= 4 is 19.7 Å². The molecule has 81 heavy (non-hydrogen) atoms. The van der Waals surface area contributed by atoms with Crippen LogP contribution in [-0.4, -0.2) is 69.4 Å². The summed E-state index contributed by atoms with van der Waals surface area (Å²) in [6.45, 7) is 6.82. The van der Waals surface area contributed by atoms with Crippen LogP contribution in [0.3, 0.4) is 0 Å². The molecular weight excluding hydrogens is 1020 g/mol. The predicted molar refractivity (Wildman–Crippen MR) is 349 cm³/mol. The number of quaternary nitrogens is 1. The van der Waals surface area contributed by atoms with Gasteiger partial charge in [0.1, 0.15) is 19.3 Å². The van der Waals surface area contributed by atoms with Crippen molar-refractivity contribution in [3.8, 4) is 0 Å². The number of carbonyl (C=O) groups excluding carboxylic acids is 2. The van der Waals surface area contributed by atoms with Crippen LogP contribution >= 0.6 is 7.82 Å². The summed E-state index contributed by atoms with van der Waals surface area (Å²) in [4.78, 5) is 40.1. The first-order chi connectivity index (χ1) is 39.4. The molecule has 9 nitrogen and oxygen atoms in total. The number of phosphoric acid groups is 1. The largest absolute Gasteiger partial charge is 0.756 e. The van der Waals surface area contributed by atoms with Crippen LogP contribution in [0.25, 0.3) is 0 Å². The highest BCUT2D eigenvalue weighted by atomic mass is 31.2. The molecule has 1 N–H and O–H groups in total. The predicted octanol–water partition coefficient (Wildman–Crippen LogP) is 21.2. The molecule has 10 heteroatoms. The van der Waals surface area contributed by atoms with Crippen molar-refractivity contribution in [1.82, 2.24) is 5.32 Å². The van der Waals surface area contributed by atoms with Crippen LogP contribution in [0.5, 0.6) is 0 Å². The summed E-state index contributed by atoms with van der Waals surface area (Å²) in [7, 11) is 1.19. The minimum absolute atomic E-state index is 0.0228. The molecule has 0 heterocycles. The maximum atomic E-state index is 13.6. The number of unbranched alkanes of at least 4 members (excludes halogenated alkanes) is 39. The van der Waals surface area contributed by atoms with Crippen molar-refractivity contribution in [3.05, 3.63) is 60.8 Å². The summed E-state index contributed by atoms with van der Waals surface area (Å²) in [5.41, 5.74) is 0. The number of likely N-dealkylation sites (N-methyl/N-ethyl adjacent to an activating group) is 1. The molecule has 0 aromatic rings. The van der Waals surface area contributed by atoms with E-state index in [9.17, 15) is 19.0 Å². The zero-order valence-electron chi connectivity index (χ0n) is 54.2. The van der Waals surface area contributed by atoms with Gasteiger partial charge in [0.05, 0.1) is 33.8 Å². The first-order valence-corrected chi connectivity index (χ1v) is 36.1. The van der Waals surface area contributed by atoms with Crippen molar-refractivity contribution in [3.63, 3.8) is 0 Å². The summed E-state index contributed by atoms with van der Waals surface area (Å²) in [6.07, 6.45) is 77.6. The van der Waals surface area contributed by atoms with Gasteiger partial charge in [-0.05, 0) is 96.0 Å². The zero-order chi connectivity index (χ0) is 59.3. The number of nitrogens with one attached hydrogen (secondary N) is 1. The number of phosphoric ester groups is 1. The third kappa shape index (κ3) is 62.1. The van der Waals surface area contributed by atoms with E-state index in [1.165, 1.54) is 225 Å². The third-order valence-electron chi connectivity index (χ3n) is 15.4. The first-order valence-electron chi connectivity index (χ1n) is 34.6. The Kier molecular flexibility index (Phi) is 59.1. The topological polar surface area (TPSA) is 114 Å². The average molecular weight is 1160 g/mol. The van der Waals surface area contributed by atoms with Crippen molar-refractivity contribution < 1.29 is 37.3 Å². The van der Waals surface area contributed by atoms with Crippen LogP contribution in [0.1, 0.15) is 329 Å². The second-order valence-corrected chi connectivity index (χ2v) is 26.1. The standard InChI is InChI=1S/C71H133N2O7P/c1-7-10-13-16-19-22-25-27-29-31-33-35-36-38-40-42-44-46-49-52-55-58-61-64-71(75)80-69(62-59-56-53-50-47-24-21-18-15-12-9-3)68(67-79-81(76,77)78-66-65-73(4,5)6)72-70(74)63-60-57-54-51-48-45-43-41-39-37-34-32-30-28-26-23-20-17-14-11-8-2/h19-20,22-23,27-30,59,62,68-69H,7-18,21,24-26,31-58,60-61,63-67H2,1-6H3,(H-,72,74,76,77)/b22-19-,23-20-,29-27-,30-28-,62-59+. The Balaban J connectivity index is 5.05. The number of rotatable bonds is 63. The maximum Gasteiger partial charge on any atom is 0.306 e. The van der Waals surface area contributed by atoms with Gasteiger partial charge in [-0.2, -0.15) is 0 Å². The van der Waals surface area contributed by atoms with Gasteiger partial charge in [-0.25, -0.2) is 0 Å². The van der Waals surface area contributed by atoms with E-state index < -0.39 is 20.0 Å². The minimum atomic E-state index is -4.70. The Morgan fingerprint density at radius 1 is 0.432 bits per heavy atom. The van der Waals surface area contributed by atoms with Gasteiger partial charge < -0.3 is 28.5 Å². The van der Waals surface area contributed by atoms with Crippen LogP contribution in [-0.2, 0) is 27.9 Å². The number of hydrogen-bond donors (Lipinski definition) is 1. The lowest BCUT2D eigenvalue weighted by atomic mass is 10.0. The van der Waals surface area contributed by atoms with Gasteiger partial charge in [-0.3, -0.25) is 14.2 Å². The van der Waals surface area contributed by atoms with E-state index in [0.29, 0.717) is 17.4 Å². The van der Waals surface area contributed by atoms with E-state index in [4.69, 9.17) is 13.8 Å². The number of allylic oxidation sites excluding steroid dienone is 9. The fraction of sp³-hybridized carbons (Fsp3) is 0.831. The molecule has 0 saturated carbocycles. The van der Waals surface area contributed by atoms with Crippen LogP contribution in [0.15, 0.2) is 60.8 Å². The van der Waals surface area contributed by atoms with Crippen LogP contribution in [0, 0.1) is 0 Å². The summed E-state index contributed by atoms with van der Waals surface area (Å²) in [5, 5.41) is 3.04. The highest BCUT2D eigenvalue weighted by Gasteiger charge is 2.27. The molecule has 0 saturated heterocycles. The number of amides is 1. The number of hydrogen-bond acceptors (Lipinski definition) is 7. The number of ether oxygens (including phenoxy) is 1. The molecule has 0 bridgehead atoms. The van der Waals surface area contributed by atoms with Gasteiger partial charge in [0.25, 0.3) is 7.82 Å². The van der Waals surface area contributed by atoms with Crippen molar-refractivity contribution in [2.24, 2.45) is 0 Å². The van der Waals surface area contributed by atoms with Crippen molar-refractivity contribution in [2.75, 3.05) is 40.9 Å². The van der Waals surface area contributed by atoms with Gasteiger partial charge >= 0.3 is 5.97 Å². The van der Waals surface area contributed by atoms with E-state index >= 15 is 0 Å². The second kappa shape index (κ2) is 60.8. The van der Waals surface area contributed by atoms with Crippen LogP contribution in [0.4, 0.5) is 0 Å². The molecule has 474 valence electrons. The Labute approximate surface area is 502 Å². The molecule has 0 aliphatic rings. The SMILES string of the molecule is CCCCC/C=C\C/C=C\CCCCCCCCCCCCCCCC(=O)OC(/C=C/CCCCCCCCCCC)C(COP(=O)([O-])OCC[N+](C)(C)C)NC(=O)CCCCCCCCCCCCC/C=C\C/C=C\CCCCC. The van der Waals surface area contributed by atoms with Crippen LogP contribution < -0.4 is 10.2 Å².